The van der Waals surface area contributed by atoms with Gasteiger partial charge in [-0.15, -0.1) is 0 Å². The molecule has 1 aromatic rings. The van der Waals surface area contributed by atoms with E-state index in [2.05, 4.69) is 15.3 Å². The van der Waals surface area contributed by atoms with Crippen molar-refractivity contribution in [3.05, 3.63) is 18.7 Å². The molecule has 0 aliphatic carbocycles. The Labute approximate surface area is 82.4 Å². The van der Waals surface area contributed by atoms with Gasteiger partial charge in [-0.05, 0) is 24.3 Å². The van der Waals surface area contributed by atoms with Gasteiger partial charge in [0.15, 0.2) is 0 Å². The lowest BCUT2D eigenvalue weighted by Crippen LogP contribution is -2.24. The normalized spacial score (nSPS) is 18.5. The molecule has 3 nitrogen and oxygen atoms in total. The molecule has 0 saturated carbocycles. The molecule has 1 saturated heterocycles. The van der Waals surface area contributed by atoms with Gasteiger partial charge in [0.1, 0.15) is 6.33 Å². The van der Waals surface area contributed by atoms with Crippen LogP contribution >= 0.6 is 11.8 Å². The standard InChI is InChI=1S/C9H13N3S/c1-3-13-4-2-8(1)12-9-5-10-7-11-6-9/h5-8,12H,1-4H2. The fourth-order valence-electron chi connectivity index (χ4n) is 1.45. The zero-order chi connectivity index (χ0) is 8.93. The van der Waals surface area contributed by atoms with Crippen molar-refractivity contribution in [3.63, 3.8) is 0 Å². The number of nitrogens with zero attached hydrogens (tertiary/aromatic N) is 2. The van der Waals surface area contributed by atoms with E-state index >= 15 is 0 Å². The first-order chi connectivity index (χ1) is 6.45. The van der Waals surface area contributed by atoms with Gasteiger partial charge < -0.3 is 5.32 Å². The number of rotatable bonds is 2. The molecule has 0 bridgehead atoms. The summed E-state index contributed by atoms with van der Waals surface area (Å²) in [6.07, 6.45) is 7.71. The Bertz CT molecular complexity index is 246. The third kappa shape index (κ3) is 2.59. The summed E-state index contributed by atoms with van der Waals surface area (Å²) in [4.78, 5) is 7.94. The van der Waals surface area contributed by atoms with Crippen LogP contribution in [0.3, 0.4) is 0 Å². The lowest BCUT2D eigenvalue weighted by Gasteiger charge is -2.22. The maximum Gasteiger partial charge on any atom is 0.115 e. The summed E-state index contributed by atoms with van der Waals surface area (Å²) in [5.74, 6) is 2.54. The van der Waals surface area contributed by atoms with Crippen LogP contribution in [0, 0.1) is 0 Å². The monoisotopic (exact) mass is 195 g/mol. The van der Waals surface area contributed by atoms with E-state index in [0.717, 1.165) is 5.69 Å². The summed E-state index contributed by atoms with van der Waals surface area (Å²) in [5, 5.41) is 3.44. The van der Waals surface area contributed by atoms with Crippen LogP contribution in [-0.2, 0) is 0 Å². The second kappa shape index (κ2) is 4.46. The molecule has 0 atom stereocenters. The highest BCUT2D eigenvalue weighted by atomic mass is 32.2. The molecule has 0 spiro atoms. The van der Waals surface area contributed by atoms with Gasteiger partial charge in [-0.2, -0.15) is 11.8 Å². The molecule has 0 aromatic carbocycles. The van der Waals surface area contributed by atoms with Crippen molar-refractivity contribution in [2.45, 2.75) is 18.9 Å². The number of anilines is 1. The Hall–Kier alpha value is -0.770. The van der Waals surface area contributed by atoms with Crippen LogP contribution in [0.5, 0.6) is 0 Å². The SMILES string of the molecule is c1ncc(NC2CCSCC2)cn1. The van der Waals surface area contributed by atoms with E-state index in [1.54, 1.807) is 6.33 Å². The lowest BCUT2D eigenvalue weighted by molar-refractivity contribution is 0.666. The molecule has 0 unspecified atom stereocenters. The minimum absolute atomic E-state index is 0.618. The first-order valence-electron chi connectivity index (χ1n) is 4.54. The van der Waals surface area contributed by atoms with Gasteiger partial charge >= 0.3 is 0 Å². The predicted molar refractivity (Wildman–Crippen MR) is 56.0 cm³/mol. The molecule has 70 valence electrons. The Morgan fingerprint density at radius 2 is 1.92 bits per heavy atom. The van der Waals surface area contributed by atoms with Gasteiger partial charge in [-0.25, -0.2) is 9.97 Å². The van der Waals surface area contributed by atoms with E-state index in [0.29, 0.717) is 6.04 Å². The number of thioether (sulfide) groups is 1. The number of nitrogens with one attached hydrogen (secondary N) is 1. The molecule has 2 heterocycles. The fourth-order valence-corrected chi connectivity index (χ4v) is 2.56. The molecule has 4 heteroatoms. The number of hydrogen-bond acceptors (Lipinski definition) is 4. The summed E-state index contributed by atoms with van der Waals surface area (Å²) >= 11 is 2.04. The highest BCUT2D eigenvalue weighted by Crippen LogP contribution is 2.19. The molecule has 1 aliphatic rings. The first kappa shape index (κ1) is 8.81. The second-order valence-corrected chi connectivity index (χ2v) is 4.38. The van der Waals surface area contributed by atoms with E-state index < -0.39 is 0 Å². The molecule has 1 aromatic heterocycles. The molecule has 0 amide bonds. The Morgan fingerprint density at radius 3 is 2.62 bits per heavy atom. The molecular formula is C9H13N3S. The molecule has 1 fully saturated rings. The van der Waals surface area contributed by atoms with Crippen molar-refractivity contribution >= 4 is 17.4 Å². The van der Waals surface area contributed by atoms with Crippen molar-refractivity contribution in [2.24, 2.45) is 0 Å². The van der Waals surface area contributed by atoms with Crippen molar-refractivity contribution < 1.29 is 0 Å². The van der Waals surface area contributed by atoms with Gasteiger partial charge in [-0.3, -0.25) is 0 Å². The molecule has 0 radical (unpaired) electrons. The van der Waals surface area contributed by atoms with E-state index in [-0.39, 0.29) is 0 Å². The average molecular weight is 195 g/mol. The van der Waals surface area contributed by atoms with Gasteiger partial charge in [-0.1, -0.05) is 0 Å². The zero-order valence-electron chi connectivity index (χ0n) is 7.44. The fraction of sp³-hybridized carbons (Fsp3) is 0.556. The predicted octanol–water partition coefficient (Wildman–Crippen LogP) is 1.78. The van der Waals surface area contributed by atoms with E-state index in [1.807, 2.05) is 24.2 Å². The van der Waals surface area contributed by atoms with Gasteiger partial charge in [0.25, 0.3) is 0 Å². The van der Waals surface area contributed by atoms with E-state index in [4.69, 9.17) is 0 Å². The van der Waals surface area contributed by atoms with Crippen LogP contribution in [0.2, 0.25) is 0 Å². The number of aromatic nitrogens is 2. The second-order valence-electron chi connectivity index (χ2n) is 3.16. The van der Waals surface area contributed by atoms with Crippen LogP contribution in [0.15, 0.2) is 18.7 Å². The first-order valence-corrected chi connectivity index (χ1v) is 5.70. The maximum absolute atomic E-state index is 3.97. The Balaban J connectivity index is 1.90. The maximum atomic E-state index is 3.97. The van der Waals surface area contributed by atoms with Gasteiger partial charge in [0, 0.05) is 6.04 Å². The summed E-state index contributed by atoms with van der Waals surface area (Å²) in [6.45, 7) is 0. The highest BCUT2D eigenvalue weighted by Gasteiger charge is 2.12. The van der Waals surface area contributed by atoms with Crippen molar-refractivity contribution in [1.29, 1.82) is 0 Å². The van der Waals surface area contributed by atoms with Crippen LogP contribution < -0.4 is 5.32 Å². The summed E-state index contributed by atoms with van der Waals surface area (Å²) < 4.78 is 0. The molecule has 2 rings (SSSR count). The van der Waals surface area contributed by atoms with E-state index in [9.17, 15) is 0 Å². The topological polar surface area (TPSA) is 37.8 Å². The molecular weight excluding hydrogens is 182 g/mol. The van der Waals surface area contributed by atoms with Gasteiger partial charge in [0.2, 0.25) is 0 Å². The van der Waals surface area contributed by atoms with E-state index in [1.165, 1.54) is 24.3 Å². The molecule has 1 N–H and O–H groups in total. The molecule has 1 aliphatic heterocycles. The van der Waals surface area contributed by atoms with Gasteiger partial charge in [0.05, 0.1) is 18.1 Å². The Morgan fingerprint density at radius 1 is 1.23 bits per heavy atom. The third-order valence-electron chi connectivity index (χ3n) is 2.15. The van der Waals surface area contributed by atoms with Crippen molar-refractivity contribution in [3.8, 4) is 0 Å². The summed E-state index contributed by atoms with van der Waals surface area (Å²) in [5.41, 5.74) is 1.04. The van der Waals surface area contributed by atoms with Crippen LogP contribution in [0.1, 0.15) is 12.8 Å². The summed E-state index contributed by atoms with van der Waals surface area (Å²) in [6, 6.07) is 0.618. The van der Waals surface area contributed by atoms with Crippen molar-refractivity contribution in [2.75, 3.05) is 16.8 Å². The summed E-state index contributed by atoms with van der Waals surface area (Å²) in [7, 11) is 0. The highest BCUT2D eigenvalue weighted by molar-refractivity contribution is 7.99. The van der Waals surface area contributed by atoms with Crippen LogP contribution in [-0.4, -0.2) is 27.5 Å². The third-order valence-corrected chi connectivity index (χ3v) is 3.20. The zero-order valence-corrected chi connectivity index (χ0v) is 8.26. The van der Waals surface area contributed by atoms with Crippen LogP contribution in [0.4, 0.5) is 5.69 Å². The lowest BCUT2D eigenvalue weighted by atomic mass is 10.1. The minimum atomic E-state index is 0.618. The largest absolute Gasteiger partial charge is 0.380 e. The molecule has 13 heavy (non-hydrogen) atoms. The van der Waals surface area contributed by atoms with Crippen LogP contribution in [0.25, 0.3) is 0 Å². The Kier molecular flexibility index (Phi) is 3.02. The van der Waals surface area contributed by atoms with Crippen molar-refractivity contribution in [1.82, 2.24) is 9.97 Å². The quantitative estimate of drug-likeness (QED) is 0.780. The minimum Gasteiger partial charge on any atom is -0.380 e. The smallest absolute Gasteiger partial charge is 0.115 e. The number of hydrogen-bond donors (Lipinski definition) is 1. The average Bonchev–Trinajstić information content (AvgIpc) is 2.21.